The summed E-state index contributed by atoms with van der Waals surface area (Å²) >= 11 is 14.4. The molecule has 0 fully saturated rings. The van der Waals surface area contributed by atoms with Crippen LogP contribution in [-0.2, 0) is 16.0 Å². The Bertz CT molecular complexity index is 928. The molecule has 31 heavy (non-hydrogen) atoms. The number of carbonyl (C=O) groups is 2. The first-order valence-electron chi connectivity index (χ1n) is 10.9. The molecule has 2 amide bonds. The minimum absolute atomic E-state index is 0.0407. The largest absolute Gasteiger partial charge is 0.333 e. The first kappa shape index (κ1) is 24.1. The van der Waals surface area contributed by atoms with Gasteiger partial charge in [0.05, 0.1) is 12.6 Å². The number of rotatable bonds is 8. The summed E-state index contributed by atoms with van der Waals surface area (Å²) in [6.45, 7) is 7.46. The van der Waals surface area contributed by atoms with Gasteiger partial charge in [0, 0.05) is 34.4 Å². The van der Waals surface area contributed by atoms with Gasteiger partial charge in [-0.1, -0.05) is 56.5 Å². The van der Waals surface area contributed by atoms with Crippen LogP contribution >= 0.6 is 34.5 Å². The molecular weight excluding hydrogens is 451 g/mol. The predicted octanol–water partition coefficient (Wildman–Crippen LogP) is 6.20. The van der Waals surface area contributed by atoms with Gasteiger partial charge in [0.25, 0.3) is 0 Å². The molecule has 0 aliphatic carbocycles. The van der Waals surface area contributed by atoms with E-state index < -0.39 is 0 Å². The van der Waals surface area contributed by atoms with Gasteiger partial charge in [0.15, 0.2) is 0 Å². The van der Waals surface area contributed by atoms with Crippen LogP contribution in [0.1, 0.15) is 62.1 Å². The molecule has 7 heteroatoms. The van der Waals surface area contributed by atoms with E-state index in [-0.39, 0.29) is 30.3 Å². The second-order valence-electron chi connectivity index (χ2n) is 8.47. The molecule has 0 radical (unpaired) electrons. The zero-order chi connectivity index (χ0) is 22.5. The van der Waals surface area contributed by atoms with Crippen molar-refractivity contribution in [3.05, 3.63) is 55.7 Å². The van der Waals surface area contributed by atoms with Crippen molar-refractivity contribution in [2.45, 2.75) is 52.5 Å². The number of unbranched alkanes of at least 4 members (excludes halogenated alkanes) is 1. The SMILES string of the molecule is CCCCN(CC(=O)N1CCc2sccc2C1c1ccc(Cl)cc1Cl)C(=O)CC(C)C. The molecule has 4 nitrogen and oxygen atoms in total. The molecule has 3 rings (SSSR count). The fraction of sp³-hybridized carbons (Fsp3) is 0.500. The van der Waals surface area contributed by atoms with Crippen LogP contribution in [-0.4, -0.2) is 41.2 Å². The van der Waals surface area contributed by atoms with E-state index in [0.717, 1.165) is 30.4 Å². The Morgan fingerprint density at radius 1 is 1.23 bits per heavy atom. The highest BCUT2D eigenvalue weighted by molar-refractivity contribution is 7.10. The Balaban J connectivity index is 1.89. The lowest BCUT2D eigenvalue weighted by molar-refractivity contribution is -0.142. The van der Waals surface area contributed by atoms with Gasteiger partial charge in [-0.3, -0.25) is 9.59 Å². The smallest absolute Gasteiger partial charge is 0.242 e. The maximum Gasteiger partial charge on any atom is 0.242 e. The van der Waals surface area contributed by atoms with Gasteiger partial charge in [-0.15, -0.1) is 11.3 Å². The van der Waals surface area contributed by atoms with Crippen LogP contribution in [0.4, 0.5) is 0 Å². The summed E-state index contributed by atoms with van der Waals surface area (Å²) in [6.07, 6.45) is 3.14. The Kier molecular flexibility index (Phi) is 8.43. The number of benzene rings is 1. The van der Waals surface area contributed by atoms with Gasteiger partial charge in [0.1, 0.15) is 0 Å². The van der Waals surface area contributed by atoms with Crippen molar-refractivity contribution in [1.29, 1.82) is 0 Å². The van der Waals surface area contributed by atoms with Crippen molar-refractivity contribution in [3.8, 4) is 0 Å². The van der Waals surface area contributed by atoms with Gasteiger partial charge >= 0.3 is 0 Å². The maximum atomic E-state index is 13.5. The lowest BCUT2D eigenvalue weighted by Crippen LogP contribution is -2.47. The molecule has 1 aromatic carbocycles. The first-order valence-corrected chi connectivity index (χ1v) is 12.5. The zero-order valence-electron chi connectivity index (χ0n) is 18.4. The third-order valence-electron chi connectivity index (χ3n) is 5.59. The predicted molar refractivity (Wildman–Crippen MR) is 129 cm³/mol. The van der Waals surface area contributed by atoms with Crippen molar-refractivity contribution in [2.75, 3.05) is 19.6 Å². The molecule has 1 unspecified atom stereocenters. The van der Waals surface area contributed by atoms with Crippen LogP contribution in [0.3, 0.4) is 0 Å². The number of hydrogen-bond donors (Lipinski definition) is 0. The van der Waals surface area contributed by atoms with Crippen LogP contribution < -0.4 is 0 Å². The molecule has 0 saturated carbocycles. The highest BCUT2D eigenvalue weighted by Crippen LogP contribution is 2.41. The van der Waals surface area contributed by atoms with Crippen LogP contribution in [0.25, 0.3) is 0 Å². The molecule has 1 aliphatic rings. The van der Waals surface area contributed by atoms with Crippen LogP contribution in [0.5, 0.6) is 0 Å². The Hall–Kier alpha value is -1.56. The van der Waals surface area contributed by atoms with E-state index in [4.69, 9.17) is 23.2 Å². The number of thiophene rings is 1. The Labute approximate surface area is 199 Å². The lowest BCUT2D eigenvalue weighted by atomic mass is 9.93. The summed E-state index contributed by atoms with van der Waals surface area (Å²) in [5.41, 5.74) is 1.98. The highest BCUT2D eigenvalue weighted by atomic mass is 35.5. The van der Waals surface area contributed by atoms with Crippen LogP contribution in [0.2, 0.25) is 10.0 Å². The van der Waals surface area contributed by atoms with Crippen molar-refractivity contribution in [1.82, 2.24) is 9.80 Å². The van der Waals surface area contributed by atoms with Crippen LogP contribution in [0, 0.1) is 5.92 Å². The van der Waals surface area contributed by atoms with Crippen molar-refractivity contribution >= 4 is 46.4 Å². The number of hydrogen-bond acceptors (Lipinski definition) is 3. The molecule has 1 aliphatic heterocycles. The van der Waals surface area contributed by atoms with Crippen molar-refractivity contribution < 1.29 is 9.59 Å². The van der Waals surface area contributed by atoms with Crippen molar-refractivity contribution in [2.24, 2.45) is 5.92 Å². The van der Waals surface area contributed by atoms with E-state index in [1.54, 1.807) is 22.3 Å². The second kappa shape index (κ2) is 10.8. The molecule has 0 saturated heterocycles. The summed E-state index contributed by atoms with van der Waals surface area (Å²) in [4.78, 5) is 31.2. The number of carbonyl (C=O) groups excluding carboxylic acids is 2. The third-order valence-corrected chi connectivity index (χ3v) is 7.15. The van der Waals surface area contributed by atoms with E-state index in [0.29, 0.717) is 29.6 Å². The lowest BCUT2D eigenvalue weighted by Gasteiger charge is -2.38. The van der Waals surface area contributed by atoms with Gasteiger partial charge in [-0.25, -0.2) is 0 Å². The number of fused-ring (bicyclic) bond motifs is 1. The molecule has 0 N–H and O–H groups in total. The van der Waals surface area contributed by atoms with E-state index in [1.807, 2.05) is 30.9 Å². The zero-order valence-corrected chi connectivity index (χ0v) is 20.7. The van der Waals surface area contributed by atoms with E-state index in [9.17, 15) is 9.59 Å². The standard InChI is InChI=1S/C24H30Cl2N2O2S/c1-4-5-10-27(22(29)13-16(2)3)15-23(30)28-11-8-21-19(9-12-31-21)24(28)18-7-6-17(25)14-20(18)26/h6-7,9,12,14,16,24H,4-5,8,10-11,13,15H2,1-3H3. The summed E-state index contributed by atoms with van der Waals surface area (Å²) in [7, 11) is 0. The topological polar surface area (TPSA) is 40.6 Å². The average Bonchev–Trinajstić information content (AvgIpc) is 3.19. The molecule has 168 valence electrons. The summed E-state index contributed by atoms with van der Waals surface area (Å²) in [5.74, 6) is 0.267. The Morgan fingerprint density at radius 3 is 2.68 bits per heavy atom. The quantitative estimate of drug-likeness (QED) is 0.450. The molecule has 0 bridgehead atoms. The molecule has 2 aromatic rings. The maximum absolute atomic E-state index is 13.5. The molecule has 1 atom stereocenters. The van der Waals surface area contributed by atoms with Gasteiger partial charge < -0.3 is 9.80 Å². The third kappa shape index (κ3) is 5.82. The van der Waals surface area contributed by atoms with E-state index in [2.05, 4.69) is 18.4 Å². The number of nitrogens with zero attached hydrogens (tertiary/aromatic N) is 2. The monoisotopic (exact) mass is 480 g/mol. The minimum atomic E-state index is -0.263. The summed E-state index contributed by atoms with van der Waals surface area (Å²) in [6, 6.07) is 7.25. The van der Waals surface area contributed by atoms with Gasteiger partial charge in [-0.05, 0) is 53.5 Å². The average molecular weight is 481 g/mol. The van der Waals surface area contributed by atoms with Gasteiger partial charge in [-0.2, -0.15) is 0 Å². The molecular formula is C24H30Cl2N2O2S. The van der Waals surface area contributed by atoms with Crippen LogP contribution in [0.15, 0.2) is 29.6 Å². The van der Waals surface area contributed by atoms with Gasteiger partial charge in [0.2, 0.25) is 11.8 Å². The minimum Gasteiger partial charge on any atom is -0.333 e. The number of halogens is 2. The highest BCUT2D eigenvalue weighted by Gasteiger charge is 2.35. The first-order chi connectivity index (χ1) is 14.8. The molecule has 1 aromatic heterocycles. The fourth-order valence-corrected chi connectivity index (χ4v) is 5.43. The summed E-state index contributed by atoms with van der Waals surface area (Å²) < 4.78 is 0. The fourth-order valence-electron chi connectivity index (χ4n) is 4.02. The normalized spacial score (nSPS) is 15.8. The van der Waals surface area contributed by atoms with Crippen molar-refractivity contribution in [3.63, 3.8) is 0 Å². The second-order valence-corrected chi connectivity index (χ2v) is 10.3. The molecule has 0 spiro atoms. The van der Waals surface area contributed by atoms with E-state index >= 15 is 0 Å². The number of amides is 2. The Morgan fingerprint density at radius 2 is 2.00 bits per heavy atom. The van der Waals surface area contributed by atoms with E-state index in [1.165, 1.54) is 4.88 Å². The molecule has 2 heterocycles. The summed E-state index contributed by atoms with van der Waals surface area (Å²) in [5, 5.41) is 3.18.